The second-order valence-corrected chi connectivity index (χ2v) is 9.92. The van der Waals surface area contributed by atoms with Gasteiger partial charge in [-0.15, -0.1) is 0 Å². The maximum atomic E-state index is 13.0. The van der Waals surface area contributed by atoms with E-state index in [-0.39, 0.29) is 17.7 Å². The van der Waals surface area contributed by atoms with E-state index in [1.165, 1.54) is 0 Å². The Hall–Kier alpha value is -1.86. The predicted octanol–water partition coefficient (Wildman–Crippen LogP) is 5.46. The van der Waals surface area contributed by atoms with Gasteiger partial charge in [-0.25, -0.2) is 9.78 Å². The average Bonchev–Trinajstić information content (AvgIpc) is 3.27. The molecule has 2 saturated heterocycles. The number of hydrogen-bond acceptors (Lipinski definition) is 4. The van der Waals surface area contributed by atoms with E-state index in [0.717, 1.165) is 53.8 Å². The SMILES string of the molecule is CC(C)(C)OC(=O)N1CC2(CCCCO2)CC1c1ncc(-c2ccc(Br)cc2)[nH]1. The van der Waals surface area contributed by atoms with Crippen molar-refractivity contribution in [1.29, 1.82) is 0 Å². The minimum absolute atomic E-state index is 0.188. The summed E-state index contributed by atoms with van der Waals surface area (Å²) in [6.45, 7) is 6.96. The first-order chi connectivity index (χ1) is 13.7. The van der Waals surface area contributed by atoms with Gasteiger partial charge >= 0.3 is 6.09 Å². The summed E-state index contributed by atoms with van der Waals surface area (Å²) in [5.41, 5.74) is 1.14. The van der Waals surface area contributed by atoms with Gasteiger partial charge in [0.05, 0.1) is 30.1 Å². The molecule has 0 saturated carbocycles. The summed E-state index contributed by atoms with van der Waals surface area (Å²) in [5, 5.41) is 0. The van der Waals surface area contributed by atoms with Gasteiger partial charge in [-0.1, -0.05) is 28.1 Å². The highest BCUT2D eigenvalue weighted by atomic mass is 79.9. The molecule has 2 fully saturated rings. The Morgan fingerprint density at radius 3 is 2.72 bits per heavy atom. The predicted molar refractivity (Wildman–Crippen MR) is 115 cm³/mol. The quantitative estimate of drug-likeness (QED) is 0.644. The van der Waals surface area contributed by atoms with Crippen molar-refractivity contribution in [3.63, 3.8) is 0 Å². The number of nitrogens with zero attached hydrogens (tertiary/aromatic N) is 2. The van der Waals surface area contributed by atoms with E-state index in [1.54, 1.807) is 4.90 Å². The monoisotopic (exact) mass is 461 g/mol. The van der Waals surface area contributed by atoms with Crippen LogP contribution >= 0.6 is 15.9 Å². The molecule has 2 unspecified atom stereocenters. The third-order valence-electron chi connectivity index (χ3n) is 5.53. The fourth-order valence-corrected chi connectivity index (χ4v) is 4.45. The van der Waals surface area contributed by atoms with Crippen molar-refractivity contribution in [3.8, 4) is 11.3 Å². The number of imidazole rings is 1. The highest BCUT2D eigenvalue weighted by molar-refractivity contribution is 9.10. The lowest BCUT2D eigenvalue weighted by Gasteiger charge is -2.33. The third kappa shape index (κ3) is 4.51. The number of likely N-dealkylation sites (tertiary alicyclic amines) is 1. The van der Waals surface area contributed by atoms with Crippen LogP contribution in [0.3, 0.4) is 0 Å². The summed E-state index contributed by atoms with van der Waals surface area (Å²) < 4.78 is 12.9. The largest absolute Gasteiger partial charge is 0.444 e. The zero-order valence-electron chi connectivity index (χ0n) is 17.2. The Balaban J connectivity index is 1.62. The molecule has 156 valence electrons. The number of amides is 1. The zero-order valence-corrected chi connectivity index (χ0v) is 18.8. The van der Waals surface area contributed by atoms with Crippen molar-refractivity contribution in [2.24, 2.45) is 0 Å². The van der Waals surface area contributed by atoms with Gasteiger partial charge in [0.15, 0.2) is 0 Å². The fraction of sp³-hybridized carbons (Fsp3) is 0.545. The van der Waals surface area contributed by atoms with Crippen LogP contribution in [0.15, 0.2) is 34.9 Å². The summed E-state index contributed by atoms with van der Waals surface area (Å²) >= 11 is 3.47. The van der Waals surface area contributed by atoms with Crippen LogP contribution in [0.5, 0.6) is 0 Å². The van der Waals surface area contributed by atoms with Gasteiger partial charge in [-0.2, -0.15) is 0 Å². The van der Waals surface area contributed by atoms with Gasteiger partial charge in [-0.05, 0) is 57.7 Å². The highest BCUT2D eigenvalue weighted by Crippen LogP contribution is 2.44. The average molecular weight is 462 g/mol. The maximum absolute atomic E-state index is 13.0. The summed E-state index contributed by atoms with van der Waals surface area (Å²) in [7, 11) is 0. The third-order valence-corrected chi connectivity index (χ3v) is 6.06. The van der Waals surface area contributed by atoms with Gasteiger partial charge < -0.3 is 14.5 Å². The first kappa shape index (κ1) is 20.4. The topological polar surface area (TPSA) is 67.4 Å². The molecule has 6 nitrogen and oxygen atoms in total. The molecule has 1 aromatic heterocycles. The molecule has 2 aromatic rings. The van der Waals surface area contributed by atoms with Crippen molar-refractivity contribution in [3.05, 3.63) is 40.8 Å². The first-order valence-corrected chi connectivity index (χ1v) is 11.0. The number of H-pyrrole nitrogens is 1. The minimum atomic E-state index is -0.545. The number of ether oxygens (including phenoxy) is 2. The second-order valence-electron chi connectivity index (χ2n) is 9.01. The van der Waals surface area contributed by atoms with Crippen molar-refractivity contribution in [1.82, 2.24) is 14.9 Å². The summed E-state index contributed by atoms with van der Waals surface area (Å²) in [6, 6.07) is 7.89. The molecule has 1 amide bonds. The lowest BCUT2D eigenvalue weighted by atomic mass is 9.91. The molecule has 1 spiro atoms. The van der Waals surface area contributed by atoms with Gasteiger partial charge in [0.25, 0.3) is 0 Å². The van der Waals surface area contributed by atoms with Crippen LogP contribution in [0.25, 0.3) is 11.3 Å². The molecule has 2 aliphatic rings. The highest BCUT2D eigenvalue weighted by Gasteiger charge is 2.50. The molecule has 2 atom stereocenters. The van der Waals surface area contributed by atoms with Crippen LogP contribution < -0.4 is 0 Å². The van der Waals surface area contributed by atoms with E-state index in [9.17, 15) is 4.79 Å². The number of benzene rings is 1. The van der Waals surface area contributed by atoms with Gasteiger partial charge in [0.2, 0.25) is 0 Å². The first-order valence-electron chi connectivity index (χ1n) is 10.2. The Kier molecular flexibility index (Phi) is 5.46. The molecule has 3 heterocycles. The molecule has 1 aromatic carbocycles. The van der Waals surface area contributed by atoms with Gasteiger partial charge in [-0.3, -0.25) is 4.90 Å². The molecule has 0 bridgehead atoms. The van der Waals surface area contributed by atoms with Crippen LogP contribution in [0.1, 0.15) is 58.3 Å². The van der Waals surface area contributed by atoms with E-state index in [1.807, 2.05) is 51.2 Å². The Morgan fingerprint density at radius 2 is 2.07 bits per heavy atom. The van der Waals surface area contributed by atoms with E-state index >= 15 is 0 Å². The number of halogens is 1. The Labute approximate surface area is 180 Å². The molecular formula is C22H28BrN3O3. The lowest BCUT2D eigenvalue weighted by molar-refractivity contribution is -0.0706. The van der Waals surface area contributed by atoms with E-state index in [2.05, 4.69) is 25.9 Å². The van der Waals surface area contributed by atoms with Crippen molar-refractivity contribution < 1.29 is 14.3 Å². The van der Waals surface area contributed by atoms with Crippen molar-refractivity contribution in [2.75, 3.05) is 13.2 Å². The molecular weight excluding hydrogens is 434 g/mol. The number of aromatic nitrogens is 2. The van der Waals surface area contributed by atoms with Crippen LogP contribution in [-0.2, 0) is 9.47 Å². The summed E-state index contributed by atoms with van der Waals surface area (Å²) in [5.74, 6) is 0.778. The normalized spacial score (nSPS) is 24.8. The van der Waals surface area contributed by atoms with Crippen LogP contribution in [-0.4, -0.2) is 45.3 Å². The van der Waals surface area contributed by atoms with E-state index in [0.29, 0.717) is 6.54 Å². The number of aromatic amines is 1. The van der Waals surface area contributed by atoms with Gasteiger partial charge in [0.1, 0.15) is 11.4 Å². The molecule has 0 aliphatic carbocycles. The number of carbonyl (C=O) groups is 1. The Bertz CT molecular complexity index is 866. The van der Waals surface area contributed by atoms with Crippen LogP contribution in [0, 0.1) is 0 Å². The number of carbonyl (C=O) groups excluding carboxylic acids is 1. The van der Waals surface area contributed by atoms with Crippen LogP contribution in [0.4, 0.5) is 4.79 Å². The van der Waals surface area contributed by atoms with E-state index < -0.39 is 5.60 Å². The molecule has 2 aliphatic heterocycles. The Morgan fingerprint density at radius 1 is 1.31 bits per heavy atom. The number of rotatable bonds is 2. The minimum Gasteiger partial charge on any atom is -0.444 e. The maximum Gasteiger partial charge on any atom is 0.411 e. The van der Waals surface area contributed by atoms with Gasteiger partial charge in [0, 0.05) is 17.5 Å². The smallest absolute Gasteiger partial charge is 0.411 e. The molecule has 1 N–H and O–H groups in total. The van der Waals surface area contributed by atoms with E-state index in [4.69, 9.17) is 9.47 Å². The summed E-state index contributed by atoms with van der Waals surface area (Å²) in [4.78, 5) is 22.8. The van der Waals surface area contributed by atoms with Crippen molar-refractivity contribution >= 4 is 22.0 Å². The second kappa shape index (κ2) is 7.76. The van der Waals surface area contributed by atoms with Crippen molar-refractivity contribution in [2.45, 2.75) is 63.7 Å². The lowest BCUT2D eigenvalue weighted by Crippen LogP contribution is -2.42. The summed E-state index contributed by atoms with van der Waals surface area (Å²) in [6.07, 6.45) is 5.42. The zero-order chi connectivity index (χ0) is 20.6. The molecule has 29 heavy (non-hydrogen) atoms. The molecule has 4 rings (SSSR count). The number of nitrogens with one attached hydrogen (secondary N) is 1. The standard InChI is InChI=1S/C22H28BrN3O3/c1-21(2,3)29-20(27)26-14-22(10-4-5-11-28-22)12-18(26)19-24-13-17(25-19)15-6-8-16(23)9-7-15/h6-9,13,18H,4-5,10-12,14H2,1-3H3,(H,24,25). The molecule has 7 heteroatoms. The fourth-order valence-electron chi connectivity index (χ4n) is 4.18. The molecule has 0 radical (unpaired) electrons. The van der Waals surface area contributed by atoms with Crippen LogP contribution in [0.2, 0.25) is 0 Å². The number of hydrogen-bond donors (Lipinski definition) is 1.